The van der Waals surface area contributed by atoms with Crippen LogP contribution in [0.3, 0.4) is 0 Å². The smallest absolute Gasteiger partial charge is 0.333 e. The summed E-state index contributed by atoms with van der Waals surface area (Å²) in [7, 11) is 0. The number of benzene rings is 2. The van der Waals surface area contributed by atoms with Crippen molar-refractivity contribution < 1.29 is 38.3 Å². The number of carboxylic acids is 1. The first-order valence-corrected chi connectivity index (χ1v) is 21.4. The number of anilines is 2. The first-order valence-electron chi connectivity index (χ1n) is 18.9. The van der Waals surface area contributed by atoms with Crippen LogP contribution in [0.5, 0.6) is 34.5 Å². The summed E-state index contributed by atoms with van der Waals surface area (Å²) in [6, 6.07) is 15.6. The van der Waals surface area contributed by atoms with Crippen LogP contribution in [0, 0.1) is 6.57 Å². The quantitative estimate of drug-likeness (QED) is 0.0839. The highest BCUT2D eigenvalue weighted by Gasteiger charge is 2.39. The number of fused-ring (bicyclic) bond motifs is 5. The first kappa shape index (κ1) is 36.5. The standard InChI is InChI=1S/C43H40N2O8S3/c1-5-6-7-10-15-45-28-12-9-8-11-25(28)43(2,3)26-22-24(13-14-29(26)45)37-33-34(51-19-18-50-33)40(55-37)41-36-35(52-20-21-53-36)39(56-41)38-32-31(48-16-17-49-32)30(54-38)23-27(44-4)42(46)47/h8-9,11-14,22-23H,5-7,10,15-21H2,1-3H3,(H,46,47)/b27-23-. The third-order valence-corrected chi connectivity index (χ3v) is 14.3. The van der Waals surface area contributed by atoms with E-state index in [1.807, 2.05) is 0 Å². The molecule has 13 heteroatoms. The Morgan fingerprint density at radius 2 is 1.27 bits per heavy atom. The molecule has 0 saturated heterocycles. The number of para-hydroxylation sites is 1. The van der Waals surface area contributed by atoms with Crippen molar-refractivity contribution in [3.8, 4) is 64.4 Å². The molecule has 0 atom stereocenters. The van der Waals surface area contributed by atoms with Crippen molar-refractivity contribution in [1.29, 1.82) is 0 Å². The van der Waals surface area contributed by atoms with Crippen molar-refractivity contribution in [2.24, 2.45) is 0 Å². The van der Waals surface area contributed by atoms with Gasteiger partial charge in [0.05, 0.1) is 35.8 Å². The van der Waals surface area contributed by atoms with Gasteiger partial charge >= 0.3 is 5.97 Å². The molecule has 0 unspecified atom stereocenters. The Balaban J connectivity index is 1.16. The molecule has 5 aromatic rings. The monoisotopic (exact) mass is 808 g/mol. The maximum Gasteiger partial charge on any atom is 0.333 e. The van der Waals surface area contributed by atoms with Gasteiger partial charge in [-0.2, -0.15) is 0 Å². The molecule has 0 saturated carbocycles. The second-order valence-electron chi connectivity index (χ2n) is 14.4. The molecule has 0 bridgehead atoms. The van der Waals surface area contributed by atoms with Crippen LogP contribution < -0.4 is 33.3 Å². The molecule has 0 fully saturated rings. The summed E-state index contributed by atoms with van der Waals surface area (Å²) in [5, 5.41) is 9.61. The normalized spacial score (nSPS) is 16.2. The summed E-state index contributed by atoms with van der Waals surface area (Å²) in [6.07, 6.45) is 6.12. The van der Waals surface area contributed by atoms with E-state index in [2.05, 4.69) is 73.0 Å². The Bertz CT molecular complexity index is 2430. The average molecular weight is 809 g/mol. The van der Waals surface area contributed by atoms with Crippen LogP contribution in [0.1, 0.15) is 62.5 Å². The van der Waals surface area contributed by atoms with Crippen molar-refractivity contribution >= 4 is 57.4 Å². The van der Waals surface area contributed by atoms with Crippen molar-refractivity contribution in [2.75, 3.05) is 51.1 Å². The predicted molar refractivity (Wildman–Crippen MR) is 221 cm³/mol. The predicted octanol–water partition coefficient (Wildman–Crippen LogP) is 10.9. The number of carboxylic acid groups (broad SMARTS) is 1. The van der Waals surface area contributed by atoms with E-state index >= 15 is 0 Å². The lowest BCUT2D eigenvalue weighted by Gasteiger charge is -2.42. The minimum absolute atomic E-state index is 0.230. The Hall–Kier alpha value is -5.16. The fraction of sp³-hybridized carbons (Fsp3) is 0.349. The molecule has 7 heterocycles. The van der Waals surface area contributed by atoms with Gasteiger partial charge in [0.15, 0.2) is 34.5 Å². The fourth-order valence-electron chi connectivity index (χ4n) is 7.89. The van der Waals surface area contributed by atoms with Crippen LogP contribution in [0.15, 0.2) is 48.2 Å². The number of ether oxygens (including phenoxy) is 6. The SMILES string of the molecule is [C-]#[N+]/C(=C\c1sc(-c2sc(-c3sc(-c4ccc5c(c4)C(C)(C)c4ccccc4N5CCCCCC)c4c3OCCO4)c3c2OCCO3)c2c1OCCO2)C(=O)O. The molecular formula is C43H40N2O8S3. The second kappa shape index (κ2) is 14.7. The highest BCUT2D eigenvalue weighted by atomic mass is 32.1. The molecular weight excluding hydrogens is 769 g/mol. The van der Waals surface area contributed by atoms with E-state index in [0.717, 1.165) is 48.7 Å². The van der Waals surface area contributed by atoms with E-state index in [-0.39, 0.29) is 5.41 Å². The zero-order chi connectivity index (χ0) is 38.6. The van der Waals surface area contributed by atoms with Crippen molar-refractivity contribution in [3.63, 3.8) is 0 Å². The van der Waals surface area contributed by atoms with Crippen LogP contribution in [0.25, 0.3) is 40.9 Å². The number of unbranched alkanes of at least 4 members (excludes halogenated alkanes) is 3. The summed E-state index contributed by atoms with van der Waals surface area (Å²) in [4.78, 5) is 22.2. The largest absolute Gasteiger partial charge is 0.486 e. The average Bonchev–Trinajstić information content (AvgIpc) is 3.91. The van der Waals surface area contributed by atoms with E-state index < -0.39 is 11.7 Å². The molecule has 3 aromatic heterocycles. The summed E-state index contributed by atoms with van der Waals surface area (Å²) in [5.74, 6) is 2.22. The lowest BCUT2D eigenvalue weighted by atomic mass is 9.73. The Kier molecular flexibility index (Phi) is 9.59. The van der Waals surface area contributed by atoms with Crippen LogP contribution in [0.2, 0.25) is 0 Å². The third-order valence-electron chi connectivity index (χ3n) is 10.6. The number of nitrogens with zero attached hydrogens (tertiary/aromatic N) is 2. The third kappa shape index (κ3) is 6.06. The van der Waals surface area contributed by atoms with Gasteiger partial charge in [-0.25, -0.2) is 4.85 Å². The van der Waals surface area contributed by atoms with E-state index in [1.54, 1.807) is 11.3 Å². The second-order valence-corrected chi connectivity index (χ2v) is 17.5. The molecule has 288 valence electrons. The number of rotatable bonds is 10. The van der Waals surface area contributed by atoms with Crippen molar-refractivity contribution in [1.82, 2.24) is 0 Å². The number of hydrogen-bond donors (Lipinski definition) is 1. The minimum Gasteiger partial charge on any atom is -0.486 e. The van der Waals surface area contributed by atoms with Gasteiger partial charge < -0.3 is 38.4 Å². The van der Waals surface area contributed by atoms with Gasteiger partial charge in [0.2, 0.25) is 0 Å². The van der Waals surface area contributed by atoms with Gasteiger partial charge in [-0.3, -0.25) is 4.79 Å². The summed E-state index contributed by atoms with van der Waals surface area (Å²) < 4.78 is 37.7. The van der Waals surface area contributed by atoms with E-state index in [0.29, 0.717) is 73.3 Å². The molecule has 0 aliphatic carbocycles. The highest BCUT2D eigenvalue weighted by molar-refractivity contribution is 7.28. The molecule has 4 aliphatic heterocycles. The highest BCUT2D eigenvalue weighted by Crippen LogP contribution is 2.64. The van der Waals surface area contributed by atoms with Crippen LogP contribution in [0.4, 0.5) is 11.4 Å². The molecule has 0 spiro atoms. The molecule has 0 radical (unpaired) electrons. The molecule has 4 aliphatic rings. The van der Waals surface area contributed by atoms with Crippen molar-refractivity contribution in [3.05, 3.63) is 75.6 Å². The van der Waals surface area contributed by atoms with Crippen LogP contribution in [-0.4, -0.2) is 57.3 Å². The number of carbonyl (C=O) groups is 1. The Morgan fingerprint density at radius 1 is 0.732 bits per heavy atom. The first-order chi connectivity index (χ1) is 27.3. The molecule has 2 aromatic carbocycles. The zero-order valence-electron chi connectivity index (χ0n) is 31.3. The van der Waals surface area contributed by atoms with E-state index in [4.69, 9.17) is 35.0 Å². The van der Waals surface area contributed by atoms with Gasteiger partial charge in [0.1, 0.15) is 39.6 Å². The van der Waals surface area contributed by atoms with Gasteiger partial charge in [0, 0.05) is 23.3 Å². The molecule has 9 rings (SSSR count). The topological polar surface area (TPSA) is 100 Å². The van der Waals surface area contributed by atoms with Crippen LogP contribution >= 0.6 is 34.0 Å². The molecule has 56 heavy (non-hydrogen) atoms. The summed E-state index contributed by atoms with van der Waals surface area (Å²) in [6.45, 7) is 17.5. The fourth-order valence-corrected chi connectivity index (χ4v) is 11.6. The summed E-state index contributed by atoms with van der Waals surface area (Å²) >= 11 is 4.42. The number of hydrogen-bond acceptors (Lipinski definition) is 11. The summed E-state index contributed by atoms with van der Waals surface area (Å²) in [5.41, 5.74) is 5.54. The Morgan fingerprint density at radius 3 is 1.88 bits per heavy atom. The number of aliphatic carboxylic acids is 1. The lowest BCUT2D eigenvalue weighted by molar-refractivity contribution is -0.132. The van der Waals surface area contributed by atoms with E-state index in [1.165, 1.54) is 70.5 Å². The van der Waals surface area contributed by atoms with Gasteiger partial charge in [-0.15, -0.1) is 34.0 Å². The molecule has 0 amide bonds. The maximum absolute atomic E-state index is 11.8. The maximum atomic E-state index is 11.8. The number of thiophene rings is 3. The van der Waals surface area contributed by atoms with Crippen molar-refractivity contribution in [2.45, 2.75) is 51.9 Å². The van der Waals surface area contributed by atoms with Crippen LogP contribution in [-0.2, 0) is 10.2 Å². The van der Waals surface area contributed by atoms with Gasteiger partial charge in [-0.1, -0.05) is 64.3 Å². The van der Waals surface area contributed by atoms with Gasteiger partial charge in [-0.05, 0) is 47.4 Å². The van der Waals surface area contributed by atoms with Gasteiger partial charge in [0.25, 0.3) is 5.70 Å². The minimum atomic E-state index is -1.31. The zero-order valence-corrected chi connectivity index (χ0v) is 33.8. The Labute approximate surface area is 337 Å². The van der Waals surface area contributed by atoms with E-state index in [9.17, 15) is 9.90 Å². The molecule has 10 nitrogen and oxygen atoms in total. The molecule has 1 N–H and O–H groups in total. The lowest BCUT2D eigenvalue weighted by Crippen LogP contribution is -2.33.